The molecular formula is C11H16ClNO2. The number of anilines is 1. The molecule has 84 valence electrons. The fourth-order valence-corrected chi connectivity index (χ4v) is 1.49. The topological polar surface area (TPSA) is 30.5 Å². The number of nitrogens with one attached hydrogen (secondary N) is 1. The molecule has 0 bridgehead atoms. The van der Waals surface area contributed by atoms with Crippen LogP contribution in [0.3, 0.4) is 0 Å². The van der Waals surface area contributed by atoms with E-state index in [-0.39, 0.29) is 0 Å². The maximum atomic E-state index is 6.04. The van der Waals surface area contributed by atoms with Gasteiger partial charge in [-0.15, -0.1) is 0 Å². The molecule has 0 aliphatic carbocycles. The standard InChI is InChI=1S/C11H16ClNO2/c1-4-14-10-7-11(15-5-2)9(13-3)6-8(10)12/h6-7,13H,4-5H2,1-3H3. The second kappa shape index (κ2) is 5.71. The van der Waals surface area contributed by atoms with Gasteiger partial charge in [0.2, 0.25) is 0 Å². The molecule has 1 N–H and O–H groups in total. The summed E-state index contributed by atoms with van der Waals surface area (Å²) in [5.74, 6) is 1.41. The maximum absolute atomic E-state index is 6.04. The molecule has 0 heterocycles. The van der Waals surface area contributed by atoms with Gasteiger partial charge >= 0.3 is 0 Å². The van der Waals surface area contributed by atoms with Crippen molar-refractivity contribution in [1.29, 1.82) is 0 Å². The minimum atomic E-state index is 0.587. The molecule has 0 saturated carbocycles. The summed E-state index contributed by atoms with van der Waals surface area (Å²) in [7, 11) is 1.83. The van der Waals surface area contributed by atoms with Gasteiger partial charge in [0, 0.05) is 13.1 Å². The lowest BCUT2D eigenvalue weighted by Gasteiger charge is -2.13. The van der Waals surface area contributed by atoms with Gasteiger partial charge in [-0.05, 0) is 19.9 Å². The minimum Gasteiger partial charge on any atom is -0.492 e. The van der Waals surface area contributed by atoms with Crippen molar-refractivity contribution < 1.29 is 9.47 Å². The summed E-state index contributed by atoms with van der Waals surface area (Å²) >= 11 is 6.04. The van der Waals surface area contributed by atoms with Gasteiger partial charge in [-0.2, -0.15) is 0 Å². The Morgan fingerprint density at radius 1 is 1.13 bits per heavy atom. The third-order valence-electron chi connectivity index (χ3n) is 1.90. The average Bonchev–Trinajstić information content (AvgIpc) is 2.23. The predicted molar refractivity (Wildman–Crippen MR) is 63.3 cm³/mol. The third kappa shape index (κ3) is 2.93. The Morgan fingerprint density at radius 2 is 1.73 bits per heavy atom. The molecular weight excluding hydrogens is 214 g/mol. The molecule has 0 fully saturated rings. The molecule has 0 unspecified atom stereocenters. The minimum absolute atomic E-state index is 0.587. The smallest absolute Gasteiger partial charge is 0.146 e. The van der Waals surface area contributed by atoms with Crippen LogP contribution in [0, 0.1) is 0 Å². The van der Waals surface area contributed by atoms with Crippen molar-refractivity contribution >= 4 is 17.3 Å². The Morgan fingerprint density at radius 3 is 2.27 bits per heavy atom. The van der Waals surface area contributed by atoms with E-state index in [1.807, 2.05) is 20.9 Å². The van der Waals surface area contributed by atoms with Crippen LogP contribution in [0.25, 0.3) is 0 Å². The number of hydrogen-bond acceptors (Lipinski definition) is 3. The summed E-state index contributed by atoms with van der Waals surface area (Å²) in [5.41, 5.74) is 0.866. The van der Waals surface area contributed by atoms with E-state index in [2.05, 4.69) is 5.32 Å². The van der Waals surface area contributed by atoms with E-state index in [1.165, 1.54) is 0 Å². The number of benzene rings is 1. The van der Waals surface area contributed by atoms with Gasteiger partial charge in [0.1, 0.15) is 11.5 Å². The number of hydrogen-bond donors (Lipinski definition) is 1. The van der Waals surface area contributed by atoms with Crippen molar-refractivity contribution in [1.82, 2.24) is 0 Å². The number of ether oxygens (including phenoxy) is 2. The second-order valence-corrected chi connectivity index (χ2v) is 3.30. The SMILES string of the molecule is CCOc1cc(OCC)c(NC)cc1Cl. The van der Waals surface area contributed by atoms with Crippen LogP contribution in [-0.2, 0) is 0 Å². The van der Waals surface area contributed by atoms with E-state index in [9.17, 15) is 0 Å². The van der Waals surface area contributed by atoms with Crippen LogP contribution in [0.2, 0.25) is 5.02 Å². The summed E-state index contributed by atoms with van der Waals surface area (Å²) in [4.78, 5) is 0. The monoisotopic (exact) mass is 229 g/mol. The number of rotatable bonds is 5. The van der Waals surface area contributed by atoms with E-state index in [0.717, 1.165) is 11.4 Å². The van der Waals surface area contributed by atoms with Gasteiger partial charge in [-0.1, -0.05) is 11.6 Å². The van der Waals surface area contributed by atoms with Gasteiger partial charge in [0.15, 0.2) is 0 Å². The molecule has 1 aromatic carbocycles. The zero-order valence-corrected chi connectivity index (χ0v) is 10.0. The van der Waals surface area contributed by atoms with Gasteiger partial charge in [0.25, 0.3) is 0 Å². The summed E-state index contributed by atoms with van der Waals surface area (Å²) in [6.45, 7) is 5.06. The zero-order valence-electron chi connectivity index (χ0n) is 9.26. The highest BCUT2D eigenvalue weighted by molar-refractivity contribution is 6.32. The molecule has 0 saturated heterocycles. The zero-order chi connectivity index (χ0) is 11.3. The van der Waals surface area contributed by atoms with Crippen molar-refractivity contribution in [3.8, 4) is 11.5 Å². The van der Waals surface area contributed by atoms with E-state index in [1.54, 1.807) is 12.1 Å². The van der Waals surface area contributed by atoms with Crippen molar-refractivity contribution in [2.45, 2.75) is 13.8 Å². The average molecular weight is 230 g/mol. The molecule has 4 heteroatoms. The Bertz CT molecular complexity index is 329. The molecule has 0 spiro atoms. The number of halogens is 1. The first-order valence-electron chi connectivity index (χ1n) is 4.99. The summed E-state index contributed by atoms with van der Waals surface area (Å²) in [6.07, 6.45) is 0. The molecule has 0 aromatic heterocycles. The predicted octanol–water partition coefficient (Wildman–Crippen LogP) is 3.18. The first-order chi connectivity index (χ1) is 7.22. The van der Waals surface area contributed by atoms with Crippen LogP contribution in [0.5, 0.6) is 11.5 Å². The Labute approximate surface area is 95.3 Å². The van der Waals surface area contributed by atoms with Gasteiger partial charge < -0.3 is 14.8 Å². The van der Waals surface area contributed by atoms with E-state index < -0.39 is 0 Å². The van der Waals surface area contributed by atoms with Gasteiger partial charge in [0.05, 0.1) is 23.9 Å². The largest absolute Gasteiger partial charge is 0.492 e. The molecule has 15 heavy (non-hydrogen) atoms. The highest BCUT2D eigenvalue weighted by atomic mass is 35.5. The van der Waals surface area contributed by atoms with Crippen LogP contribution < -0.4 is 14.8 Å². The molecule has 1 aromatic rings. The summed E-state index contributed by atoms with van der Waals surface area (Å²) in [6, 6.07) is 3.61. The Hall–Kier alpha value is -1.09. The molecule has 0 aliphatic rings. The third-order valence-corrected chi connectivity index (χ3v) is 2.20. The van der Waals surface area contributed by atoms with Gasteiger partial charge in [-0.25, -0.2) is 0 Å². The van der Waals surface area contributed by atoms with Crippen LogP contribution in [-0.4, -0.2) is 20.3 Å². The van der Waals surface area contributed by atoms with Gasteiger partial charge in [-0.3, -0.25) is 0 Å². The van der Waals surface area contributed by atoms with E-state index in [0.29, 0.717) is 24.0 Å². The lowest BCUT2D eigenvalue weighted by molar-refractivity contribution is 0.324. The molecule has 0 amide bonds. The summed E-state index contributed by atoms with van der Waals surface area (Å²) < 4.78 is 10.9. The van der Waals surface area contributed by atoms with Crippen LogP contribution in [0.15, 0.2) is 12.1 Å². The van der Waals surface area contributed by atoms with Crippen molar-refractivity contribution in [2.75, 3.05) is 25.6 Å². The van der Waals surface area contributed by atoms with E-state index >= 15 is 0 Å². The van der Waals surface area contributed by atoms with Crippen molar-refractivity contribution in [3.05, 3.63) is 17.2 Å². The Kier molecular flexibility index (Phi) is 4.56. The first-order valence-corrected chi connectivity index (χ1v) is 5.37. The lowest BCUT2D eigenvalue weighted by Crippen LogP contribution is -2.00. The fourth-order valence-electron chi connectivity index (χ4n) is 1.27. The summed E-state index contributed by atoms with van der Waals surface area (Å²) in [5, 5.41) is 3.61. The molecule has 1 rings (SSSR count). The quantitative estimate of drug-likeness (QED) is 0.841. The highest BCUT2D eigenvalue weighted by Gasteiger charge is 2.09. The molecule has 3 nitrogen and oxygen atoms in total. The fraction of sp³-hybridized carbons (Fsp3) is 0.455. The molecule has 0 aliphatic heterocycles. The van der Waals surface area contributed by atoms with Crippen LogP contribution in [0.1, 0.15) is 13.8 Å². The van der Waals surface area contributed by atoms with Crippen LogP contribution >= 0.6 is 11.6 Å². The molecule has 0 radical (unpaired) electrons. The highest BCUT2D eigenvalue weighted by Crippen LogP contribution is 2.35. The first kappa shape index (κ1) is 12.0. The van der Waals surface area contributed by atoms with Crippen molar-refractivity contribution in [3.63, 3.8) is 0 Å². The molecule has 0 atom stereocenters. The van der Waals surface area contributed by atoms with Crippen molar-refractivity contribution in [2.24, 2.45) is 0 Å². The lowest BCUT2D eigenvalue weighted by atomic mass is 10.2. The van der Waals surface area contributed by atoms with E-state index in [4.69, 9.17) is 21.1 Å². The maximum Gasteiger partial charge on any atom is 0.146 e. The second-order valence-electron chi connectivity index (χ2n) is 2.89. The van der Waals surface area contributed by atoms with Crippen LogP contribution in [0.4, 0.5) is 5.69 Å². The normalized spacial score (nSPS) is 9.87. The Balaban J connectivity index is 3.05.